The van der Waals surface area contributed by atoms with Crippen LogP contribution < -0.4 is 16.4 Å². The summed E-state index contributed by atoms with van der Waals surface area (Å²) in [6, 6.07) is 13.3. The Morgan fingerprint density at radius 2 is 1.93 bits per heavy atom. The van der Waals surface area contributed by atoms with Crippen LogP contribution >= 0.6 is 24.0 Å². The summed E-state index contributed by atoms with van der Waals surface area (Å²) < 4.78 is 0. The Labute approximate surface area is 177 Å². The Balaban J connectivity index is 0.00000261. The van der Waals surface area contributed by atoms with Crippen molar-refractivity contribution in [2.75, 3.05) is 10.6 Å². The molecule has 1 aliphatic rings. The van der Waals surface area contributed by atoms with Crippen molar-refractivity contribution in [3.63, 3.8) is 0 Å². The van der Waals surface area contributed by atoms with Gasteiger partial charge in [0, 0.05) is 17.8 Å². The van der Waals surface area contributed by atoms with Gasteiger partial charge in [-0.15, -0.1) is 24.0 Å². The molecule has 3 rings (SSSR count). The van der Waals surface area contributed by atoms with E-state index < -0.39 is 0 Å². The number of guanidine groups is 1. The van der Waals surface area contributed by atoms with Crippen LogP contribution in [0, 0.1) is 5.92 Å². The lowest BCUT2D eigenvalue weighted by molar-refractivity contribution is -0.120. The molecular weight excluding hydrogens is 453 g/mol. The average molecular weight is 479 g/mol. The second-order valence-corrected chi connectivity index (χ2v) is 6.57. The fraction of sp³-hybridized carbons (Fsp3) is 0.350. The van der Waals surface area contributed by atoms with Gasteiger partial charge in [0.1, 0.15) is 5.82 Å². The maximum Gasteiger partial charge on any atom is 0.227 e. The molecular formula is C20H26IN5O. The summed E-state index contributed by atoms with van der Waals surface area (Å²) in [6.45, 7) is 0.429. The third kappa shape index (κ3) is 6.82. The quantitative estimate of drug-likeness (QED) is 0.342. The predicted molar refractivity (Wildman–Crippen MR) is 120 cm³/mol. The van der Waals surface area contributed by atoms with E-state index >= 15 is 0 Å². The Morgan fingerprint density at radius 1 is 1.11 bits per heavy atom. The molecule has 144 valence electrons. The lowest BCUT2D eigenvalue weighted by atomic mass is 9.88. The minimum Gasteiger partial charge on any atom is -0.370 e. The highest BCUT2D eigenvalue weighted by Crippen LogP contribution is 2.25. The molecule has 1 saturated carbocycles. The molecule has 1 heterocycles. The molecule has 0 aliphatic heterocycles. The van der Waals surface area contributed by atoms with Crippen LogP contribution in [0.5, 0.6) is 0 Å². The minimum absolute atomic E-state index is 0. The minimum atomic E-state index is 0. The van der Waals surface area contributed by atoms with Gasteiger partial charge < -0.3 is 16.4 Å². The van der Waals surface area contributed by atoms with Crippen molar-refractivity contribution < 1.29 is 4.79 Å². The first kappa shape index (κ1) is 21.1. The molecule has 1 aromatic carbocycles. The second-order valence-electron chi connectivity index (χ2n) is 6.57. The molecule has 1 aromatic heterocycles. The summed E-state index contributed by atoms with van der Waals surface area (Å²) in [4.78, 5) is 20.8. The Bertz CT molecular complexity index is 760. The second kappa shape index (κ2) is 10.9. The number of rotatable bonds is 5. The van der Waals surface area contributed by atoms with Gasteiger partial charge in [0.25, 0.3) is 0 Å². The van der Waals surface area contributed by atoms with E-state index in [9.17, 15) is 4.79 Å². The molecule has 27 heavy (non-hydrogen) atoms. The van der Waals surface area contributed by atoms with Crippen LogP contribution in [0.4, 0.5) is 11.5 Å². The van der Waals surface area contributed by atoms with Crippen molar-refractivity contribution in [1.82, 2.24) is 4.98 Å². The SMILES string of the molecule is I.NC(=NCc1cccc(NC(=O)C2CCCCC2)c1)Nc1ccccn1. The topological polar surface area (TPSA) is 92.4 Å². The van der Waals surface area contributed by atoms with Crippen molar-refractivity contribution in [3.05, 3.63) is 54.2 Å². The number of anilines is 2. The van der Waals surface area contributed by atoms with E-state index in [0.717, 1.165) is 36.9 Å². The van der Waals surface area contributed by atoms with E-state index in [1.165, 1.54) is 6.42 Å². The number of amides is 1. The maximum atomic E-state index is 12.4. The molecule has 4 N–H and O–H groups in total. The summed E-state index contributed by atoms with van der Waals surface area (Å²) in [5, 5.41) is 5.98. The first-order valence-electron chi connectivity index (χ1n) is 9.08. The number of halogens is 1. The molecule has 0 saturated heterocycles. The van der Waals surface area contributed by atoms with Crippen LogP contribution in [-0.4, -0.2) is 16.9 Å². The first-order valence-corrected chi connectivity index (χ1v) is 9.08. The zero-order valence-electron chi connectivity index (χ0n) is 15.2. The molecule has 0 bridgehead atoms. The van der Waals surface area contributed by atoms with Crippen molar-refractivity contribution in [1.29, 1.82) is 0 Å². The number of pyridine rings is 1. The Kier molecular flexibility index (Phi) is 8.50. The molecule has 2 aromatic rings. The van der Waals surface area contributed by atoms with E-state index in [2.05, 4.69) is 20.6 Å². The van der Waals surface area contributed by atoms with Gasteiger partial charge in [-0.3, -0.25) is 4.79 Å². The van der Waals surface area contributed by atoms with Gasteiger partial charge in [-0.1, -0.05) is 37.5 Å². The van der Waals surface area contributed by atoms with Gasteiger partial charge in [-0.25, -0.2) is 9.98 Å². The van der Waals surface area contributed by atoms with Crippen molar-refractivity contribution in [2.24, 2.45) is 16.6 Å². The van der Waals surface area contributed by atoms with Gasteiger partial charge >= 0.3 is 0 Å². The highest BCUT2D eigenvalue weighted by Gasteiger charge is 2.20. The number of nitrogens with one attached hydrogen (secondary N) is 2. The van der Waals surface area contributed by atoms with Gasteiger partial charge in [-0.05, 0) is 42.7 Å². The maximum absolute atomic E-state index is 12.4. The molecule has 0 spiro atoms. The molecule has 1 amide bonds. The number of hydrogen-bond donors (Lipinski definition) is 3. The number of nitrogens with two attached hydrogens (primary N) is 1. The van der Waals surface area contributed by atoms with Gasteiger partial charge in [0.05, 0.1) is 6.54 Å². The molecule has 1 aliphatic carbocycles. The zero-order valence-corrected chi connectivity index (χ0v) is 17.6. The highest BCUT2D eigenvalue weighted by atomic mass is 127. The van der Waals surface area contributed by atoms with E-state index in [-0.39, 0.29) is 35.8 Å². The largest absolute Gasteiger partial charge is 0.370 e. The standard InChI is InChI=1S/C20H25N5O.HI/c21-20(25-18-11-4-5-12-22-18)23-14-15-7-6-10-17(13-15)24-19(26)16-8-2-1-3-9-16;/h4-7,10-13,16H,1-3,8-9,14H2,(H,24,26)(H3,21,22,23,25);1H. The van der Waals surface area contributed by atoms with Gasteiger partial charge in [0.2, 0.25) is 5.91 Å². The molecule has 7 heteroatoms. The number of nitrogens with zero attached hydrogens (tertiary/aromatic N) is 2. The van der Waals surface area contributed by atoms with Crippen LogP contribution in [0.25, 0.3) is 0 Å². The van der Waals surface area contributed by atoms with Crippen molar-refractivity contribution >= 4 is 47.3 Å². The summed E-state index contributed by atoms with van der Waals surface area (Å²) in [5.74, 6) is 1.23. The normalized spacial score (nSPS) is 14.9. The van der Waals surface area contributed by atoms with Gasteiger partial charge in [0.15, 0.2) is 5.96 Å². The number of carbonyl (C=O) groups excluding carboxylic acids is 1. The van der Waals surface area contributed by atoms with E-state index in [0.29, 0.717) is 18.3 Å². The van der Waals surface area contributed by atoms with E-state index in [4.69, 9.17) is 5.73 Å². The lowest BCUT2D eigenvalue weighted by Crippen LogP contribution is -2.24. The van der Waals surface area contributed by atoms with Gasteiger partial charge in [-0.2, -0.15) is 0 Å². The van der Waals surface area contributed by atoms with Crippen LogP contribution in [0.2, 0.25) is 0 Å². The van der Waals surface area contributed by atoms with Crippen LogP contribution in [0.15, 0.2) is 53.7 Å². The molecule has 0 unspecified atom stereocenters. The van der Waals surface area contributed by atoms with Crippen LogP contribution in [0.3, 0.4) is 0 Å². The summed E-state index contributed by atoms with van der Waals surface area (Å²) in [6.07, 6.45) is 7.21. The summed E-state index contributed by atoms with van der Waals surface area (Å²) >= 11 is 0. The van der Waals surface area contributed by atoms with Crippen LogP contribution in [0.1, 0.15) is 37.7 Å². The highest BCUT2D eigenvalue weighted by molar-refractivity contribution is 14.0. The third-order valence-corrected chi connectivity index (χ3v) is 4.52. The molecule has 6 nitrogen and oxygen atoms in total. The first-order chi connectivity index (χ1) is 12.7. The van der Waals surface area contributed by atoms with E-state index in [1.807, 2.05) is 42.5 Å². The van der Waals surface area contributed by atoms with Crippen LogP contribution in [-0.2, 0) is 11.3 Å². The average Bonchev–Trinajstić information content (AvgIpc) is 2.68. The zero-order chi connectivity index (χ0) is 18.2. The smallest absolute Gasteiger partial charge is 0.227 e. The van der Waals surface area contributed by atoms with E-state index in [1.54, 1.807) is 6.20 Å². The predicted octanol–water partition coefficient (Wildman–Crippen LogP) is 4.15. The number of aliphatic imine (C=N–C) groups is 1. The monoisotopic (exact) mass is 479 g/mol. The summed E-state index contributed by atoms with van der Waals surface area (Å²) in [5.41, 5.74) is 7.69. The number of benzene rings is 1. The molecule has 0 atom stereocenters. The third-order valence-electron chi connectivity index (χ3n) is 4.52. The molecule has 1 fully saturated rings. The number of carbonyl (C=O) groups is 1. The Hall–Kier alpha value is -2.16. The Morgan fingerprint density at radius 3 is 2.67 bits per heavy atom. The van der Waals surface area contributed by atoms with Crippen molar-refractivity contribution in [3.8, 4) is 0 Å². The fourth-order valence-electron chi connectivity index (χ4n) is 3.14. The fourth-order valence-corrected chi connectivity index (χ4v) is 3.14. The summed E-state index contributed by atoms with van der Waals surface area (Å²) in [7, 11) is 0. The lowest BCUT2D eigenvalue weighted by Gasteiger charge is -2.20. The van der Waals surface area contributed by atoms with Crippen molar-refractivity contribution in [2.45, 2.75) is 38.6 Å². The molecule has 0 radical (unpaired) electrons. The number of aromatic nitrogens is 1. The number of hydrogen-bond acceptors (Lipinski definition) is 3.